The van der Waals surface area contributed by atoms with Crippen molar-refractivity contribution in [3.8, 4) is 11.5 Å². The van der Waals surface area contributed by atoms with Gasteiger partial charge in [-0.2, -0.15) is 0 Å². The van der Waals surface area contributed by atoms with Crippen LogP contribution in [0.1, 0.15) is 13.8 Å². The number of carbonyl (C=O) groups is 1. The van der Waals surface area contributed by atoms with E-state index >= 15 is 0 Å². The molecule has 0 saturated heterocycles. The number of methoxy groups -OCH3 is 2. The Morgan fingerprint density at radius 2 is 1.79 bits per heavy atom. The molecule has 7 nitrogen and oxygen atoms in total. The summed E-state index contributed by atoms with van der Waals surface area (Å²) in [5.41, 5.74) is 0.959. The SMILES string of the molecule is CCSc1ccccc1NC(=O)C(C)N(c1ccc(OC)c(OC)c1)S(C)(=O)=O. The number of nitrogens with one attached hydrogen (secondary N) is 1. The third-order valence-corrected chi connectivity index (χ3v) is 6.35. The van der Waals surface area contributed by atoms with E-state index in [1.54, 1.807) is 36.9 Å². The van der Waals surface area contributed by atoms with Crippen LogP contribution in [0.4, 0.5) is 11.4 Å². The van der Waals surface area contributed by atoms with Crippen molar-refractivity contribution in [2.75, 3.05) is 35.9 Å². The molecule has 0 bridgehead atoms. The Bertz CT molecular complexity index is 963. The number of amides is 1. The standard InChI is InChI=1S/C20H26N2O5S2/c1-6-28-19-10-8-7-9-16(19)21-20(23)14(2)22(29(5,24)25)15-11-12-17(26-3)18(13-15)27-4/h7-14H,6H2,1-5H3,(H,21,23). The van der Waals surface area contributed by atoms with Crippen molar-refractivity contribution in [2.24, 2.45) is 0 Å². The van der Waals surface area contributed by atoms with E-state index < -0.39 is 22.0 Å². The van der Waals surface area contributed by atoms with Gasteiger partial charge in [0, 0.05) is 11.0 Å². The number of hydrogen-bond acceptors (Lipinski definition) is 6. The van der Waals surface area contributed by atoms with Gasteiger partial charge in [0.1, 0.15) is 6.04 Å². The second-order valence-electron chi connectivity index (χ2n) is 6.19. The molecule has 0 saturated carbocycles. The Kier molecular flexibility index (Phi) is 7.80. The molecule has 2 aromatic rings. The summed E-state index contributed by atoms with van der Waals surface area (Å²) < 4.78 is 36.6. The first-order valence-corrected chi connectivity index (χ1v) is 11.8. The maximum Gasteiger partial charge on any atom is 0.248 e. The molecule has 0 radical (unpaired) electrons. The van der Waals surface area contributed by atoms with Gasteiger partial charge in [-0.3, -0.25) is 9.10 Å². The Labute approximate surface area is 176 Å². The summed E-state index contributed by atoms with van der Waals surface area (Å²) in [4.78, 5) is 13.8. The minimum Gasteiger partial charge on any atom is -0.493 e. The van der Waals surface area contributed by atoms with Crippen LogP contribution in [-0.2, 0) is 14.8 Å². The topological polar surface area (TPSA) is 84.9 Å². The van der Waals surface area contributed by atoms with Gasteiger partial charge in [-0.25, -0.2) is 8.42 Å². The number of benzene rings is 2. The molecule has 1 N–H and O–H groups in total. The molecule has 0 aliphatic carbocycles. The molecule has 2 rings (SSSR count). The van der Waals surface area contributed by atoms with Gasteiger partial charge in [-0.1, -0.05) is 19.1 Å². The molecule has 0 spiro atoms. The molecule has 0 aliphatic rings. The fourth-order valence-electron chi connectivity index (χ4n) is 2.86. The number of sulfonamides is 1. The zero-order valence-electron chi connectivity index (χ0n) is 17.1. The van der Waals surface area contributed by atoms with E-state index in [4.69, 9.17) is 9.47 Å². The molecule has 29 heavy (non-hydrogen) atoms. The summed E-state index contributed by atoms with van der Waals surface area (Å²) in [6.45, 7) is 3.57. The fraction of sp³-hybridized carbons (Fsp3) is 0.350. The molecule has 1 amide bonds. The van der Waals surface area contributed by atoms with E-state index in [1.165, 1.54) is 20.3 Å². The molecular weight excluding hydrogens is 412 g/mol. The van der Waals surface area contributed by atoms with Gasteiger partial charge in [0.2, 0.25) is 15.9 Å². The zero-order valence-corrected chi connectivity index (χ0v) is 18.8. The molecule has 0 aliphatic heterocycles. The van der Waals surface area contributed by atoms with Crippen molar-refractivity contribution in [3.63, 3.8) is 0 Å². The van der Waals surface area contributed by atoms with Gasteiger partial charge < -0.3 is 14.8 Å². The minimum atomic E-state index is -3.75. The van der Waals surface area contributed by atoms with Crippen LogP contribution >= 0.6 is 11.8 Å². The normalized spacial score (nSPS) is 12.2. The van der Waals surface area contributed by atoms with Crippen LogP contribution in [0.2, 0.25) is 0 Å². The molecule has 0 fully saturated rings. The lowest BCUT2D eigenvalue weighted by molar-refractivity contribution is -0.116. The highest BCUT2D eigenvalue weighted by atomic mass is 32.2. The number of nitrogens with zero attached hydrogens (tertiary/aromatic N) is 1. The molecule has 2 aromatic carbocycles. The molecule has 1 atom stereocenters. The highest BCUT2D eigenvalue weighted by Crippen LogP contribution is 2.33. The second-order valence-corrected chi connectivity index (χ2v) is 9.36. The van der Waals surface area contributed by atoms with Crippen molar-refractivity contribution in [2.45, 2.75) is 24.8 Å². The summed E-state index contributed by atoms with van der Waals surface area (Å²) in [6, 6.07) is 11.2. The largest absolute Gasteiger partial charge is 0.493 e. The fourth-order valence-corrected chi connectivity index (χ4v) is 4.79. The molecule has 158 valence electrons. The lowest BCUT2D eigenvalue weighted by atomic mass is 10.2. The summed E-state index contributed by atoms with van der Waals surface area (Å²) in [6.07, 6.45) is 1.06. The summed E-state index contributed by atoms with van der Waals surface area (Å²) in [7, 11) is -0.792. The zero-order chi connectivity index (χ0) is 21.6. The Morgan fingerprint density at radius 1 is 1.14 bits per heavy atom. The summed E-state index contributed by atoms with van der Waals surface area (Å²) in [5, 5.41) is 2.85. The van der Waals surface area contributed by atoms with Crippen molar-refractivity contribution in [1.29, 1.82) is 0 Å². The van der Waals surface area contributed by atoms with Crippen molar-refractivity contribution < 1.29 is 22.7 Å². The first kappa shape index (κ1) is 22.9. The Balaban J connectivity index is 2.38. The first-order chi connectivity index (χ1) is 13.7. The number of anilines is 2. The van der Waals surface area contributed by atoms with Gasteiger partial charge in [0.25, 0.3) is 0 Å². The number of ether oxygens (including phenoxy) is 2. The van der Waals surface area contributed by atoms with Gasteiger partial charge >= 0.3 is 0 Å². The van der Waals surface area contributed by atoms with E-state index in [-0.39, 0.29) is 0 Å². The lowest BCUT2D eigenvalue weighted by Crippen LogP contribution is -2.45. The predicted octanol–water partition coefficient (Wildman–Crippen LogP) is 3.61. The number of hydrogen-bond donors (Lipinski definition) is 1. The minimum absolute atomic E-state index is 0.309. The van der Waals surface area contributed by atoms with E-state index in [9.17, 15) is 13.2 Å². The van der Waals surface area contributed by atoms with Gasteiger partial charge in [-0.05, 0) is 36.9 Å². The molecular formula is C20H26N2O5S2. The van der Waals surface area contributed by atoms with Crippen LogP contribution in [0.5, 0.6) is 11.5 Å². The predicted molar refractivity (Wildman–Crippen MR) is 118 cm³/mol. The Hall–Kier alpha value is -2.39. The van der Waals surface area contributed by atoms with E-state index in [1.807, 2.05) is 25.1 Å². The number of rotatable bonds is 9. The van der Waals surface area contributed by atoms with Crippen molar-refractivity contribution in [3.05, 3.63) is 42.5 Å². The smallest absolute Gasteiger partial charge is 0.248 e. The van der Waals surface area contributed by atoms with Crippen LogP contribution in [0.3, 0.4) is 0 Å². The number of thioether (sulfide) groups is 1. The summed E-state index contributed by atoms with van der Waals surface area (Å²) >= 11 is 1.60. The third kappa shape index (κ3) is 5.57. The van der Waals surface area contributed by atoms with Gasteiger partial charge in [-0.15, -0.1) is 11.8 Å². The van der Waals surface area contributed by atoms with Gasteiger partial charge in [0.05, 0.1) is 31.9 Å². The third-order valence-electron chi connectivity index (χ3n) is 4.15. The quantitative estimate of drug-likeness (QED) is 0.602. The maximum absolute atomic E-state index is 12.9. The highest BCUT2D eigenvalue weighted by Gasteiger charge is 2.30. The number of para-hydroxylation sites is 1. The highest BCUT2D eigenvalue weighted by molar-refractivity contribution is 7.99. The Morgan fingerprint density at radius 3 is 2.38 bits per heavy atom. The van der Waals surface area contributed by atoms with Crippen molar-refractivity contribution in [1.82, 2.24) is 0 Å². The second kappa shape index (κ2) is 9.89. The molecule has 0 aromatic heterocycles. The lowest BCUT2D eigenvalue weighted by Gasteiger charge is -2.29. The van der Waals surface area contributed by atoms with Crippen molar-refractivity contribution >= 4 is 39.1 Å². The monoisotopic (exact) mass is 438 g/mol. The van der Waals surface area contributed by atoms with Crippen LogP contribution in [0.25, 0.3) is 0 Å². The number of carbonyl (C=O) groups excluding carboxylic acids is 1. The van der Waals surface area contributed by atoms with Gasteiger partial charge in [0.15, 0.2) is 11.5 Å². The van der Waals surface area contributed by atoms with E-state index in [0.717, 1.165) is 21.2 Å². The van der Waals surface area contributed by atoms with Crippen LogP contribution < -0.4 is 19.1 Å². The summed E-state index contributed by atoms with van der Waals surface area (Å²) in [5.74, 6) is 1.25. The molecule has 0 heterocycles. The first-order valence-electron chi connectivity index (χ1n) is 8.97. The van der Waals surface area contributed by atoms with E-state index in [2.05, 4.69) is 5.32 Å². The maximum atomic E-state index is 12.9. The molecule has 1 unspecified atom stereocenters. The van der Waals surface area contributed by atoms with Crippen LogP contribution in [0.15, 0.2) is 47.4 Å². The van der Waals surface area contributed by atoms with E-state index in [0.29, 0.717) is 22.9 Å². The van der Waals surface area contributed by atoms with Crippen LogP contribution in [0, 0.1) is 0 Å². The average molecular weight is 439 g/mol. The van der Waals surface area contributed by atoms with Crippen LogP contribution in [-0.4, -0.2) is 46.6 Å². The average Bonchev–Trinajstić information content (AvgIpc) is 2.68. The molecule has 9 heteroatoms.